The molecule has 0 aliphatic carbocycles. The fourth-order valence-corrected chi connectivity index (χ4v) is 2.75. The Hall–Kier alpha value is -3.26. The number of amides is 1. The number of halogens is 1. The van der Waals surface area contributed by atoms with Crippen molar-refractivity contribution in [3.05, 3.63) is 63.2 Å². The number of nitro groups is 1. The number of nitrogens with one attached hydrogen (secondary N) is 2. The van der Waals surface area contributed by atoms with Crippen LogP contribution >= 0.6 is 11.6 Å². The molecule has 3 rings (SSSR count). The Kier molecular flexibility index (Phi) is 5.77. The van der Waals surface area contributed by atoms with E-state index in [9.17, 15) is 14.9 Å². The number of carbonyl (C=O) groups excluding carboxylic acids is 1. The van der Waals surface area contributed by atoms with Crippen LogP contribution < -0.4 is 20.1 Å². The van der Waals surface area contributed by atoms with Crippen molar-refractivity contribution in [2.24, 2.45) is 0 Å². The van der Waals surface area contributed by atoms with E-state index in [-0.39, 0.29) is 18.4 Å². The predicted octanol–water partition coefficient (Wildman–Crippen LogP) is 3.22. The van der Waals surface area contributed by atoms with E-state index in [1.54, 1.807) is 36.4 Å². The molecule has 2 N–H and O–H groups in total. The van der Waals surface area contributed by atoms with Crippen LogP contribution in [-0.2, 0) is 4.79 Å². The van der Waals surface area contributed by atoms with Crippen LogP contribution in [0.3, 0.4) is 0 Å². The highest BCUT2D eigenvalue weighted by molar-refractivity contribution is 6.32. The maximum Gasteiger partial charge on any atom is 0.292 e. The second kappa shape index (κ2) is 8.41. The molecule has 0 spiro atoms. The summed E-state index contributed by atoms with van der Waals surface area (Å²) in [5.74, 6) is 0.740. The Labute approximate surface area is 159 Å². The molecule has 8 nitrogen and oxygen atoms in total. The van der Waals surface area contributed by atoms with E-state index in [1.807, 2.05) is 0 Å². The largest absolute Gasteiger partial charge is 0.454 e. The summed E-state index contributed by atoms with van der Waals surface area (Å²) in [5, 5.41) is 17.0. The summed E-state index contributed by atoms with van der Waals surface area (Å²) in [5.41, 5.74) is 1.10. The van der Waals surface area contributed by atoms with E-state index < -0.39 is 4.92 Å². The molecule has 0 unspecified atom stereocenters. The standard InChI is InChI=1S/C18H16ClN3O5/c19-13-9-12(10-16-18(13)27-11-26-16)5-6-17(23)21-8-7-20-14-3-1-2-4-15(14)22(24)25/h1-6,9-10,20H,7-8,11H2,(H,21,23)/b6-5+. The molecule has 2 aromatic rings. The van der Waals surface area contributed by atoms with Gasteiger partial charge in [-0.2, -0.15) is 0 Å². The lowest BCUT2D eigenvalue weighted by molar-refractivity contribution is -0.384. The molecule has 1 amide bonds. The third-order valence-electron chi connectivity index (χ3n) is 3.72. The molecule has 1 aliphatic heterocycles. The minimum absolute atomic E-state index is 0.0107. The minimum atomic E-state index is -0.458. The molecule has 0 aromatic heterocycles. The fourth-order valence-electron chi connectivity index (χ4n) is 2.48. The first-order valence-corrected chi connectivity index (χ1v) is 8.45. The third-order valence-corrected chi connectivity index (χ3v) is 4.00. The molecule has 0 saturated heterocycles. The first-order valence-electron chi connectivity index (χ1n) is 8.07. The van der Waals surface area contributed by atoms with Crippen molar-refractivity contribution >= 4 is 35.0 Å². The molecule has 0 bridgehead atoms. The summed E-state index contributed by atoms with van der Waals surface area (Å²) in [6, 6.07) is 9.73. The van der Waals surface area contributed by atoms with Crippen LogP contribution in [0, 0.1) is 10.1 Å². The Bertz CT molecular complexity index is 901. The Morgan fingerprint density at radius 2 is 2.07 bits per heavy atom. The van der Waals surface area contributed by atoms with Gasteiger partial charge in [0.05, 0.1) is 9.95 Å². The highest BCUT2D eigenvalue weighted by atomic mass is 35.5. The number of nitro benzene ring substituents is 1. The third kappa shape index (κ3) is 4.68. The van der Waals surface area contributed by atoms with Gasteiger partial charge in [-0.25, -0.2) is 0 Å². The molecule has 0 atom stereocenters. The van der Waals surface area contributed by atoms with Crippen molar-refractivity contribution in [2.45, 2.75) is 0 Å². The van der Waals surface area contributed by atoms with E-state index in [1.165, 1.54) is 12.1 Å². The first-order chi connectivity index (χ1) is 13.0. The molecule has 0 fully saturated rings. The summed E-state index contributed by atoms with van der Waals surface area (Å²) in [4.78, 5) is 22.4. The quantitative estimate of drug-likeness (QED) is 0.326. The molecule has 140 valence electrons. The van der Waals surface area contributed by atoms with E-state index in [0.717, 1.165) is 0 Å². The number of ether oxygens (including phenoxy) is 2. The van der Waals surface area contributed by atoms with Gasteiger partial charge >= 0.3 is 0 Å². The lowest BCUT2D eigenvalue weighted by Crippen LogP contribution is -2.27. The zero-order valence-corrected chi connectivity index (χ0v) is 14.9. The number of carbonyl (C=O) groups is 1. The highest BCUT2D eigenvalue weighted by Crippen LogP contribution is 2.40. The number of nitrogens with zero attached hydrogens (tertiary/aromatic N) is 1. The normalized spacial score (nSPS) is 12.2. The summed E-state index contributed by atoms with van der Waals surface area (Å²) in [6.07, 6.45) is 2.98. The van der Waals surface area contributed by atoms with Crippen LogP contribution in [0.25, 0.3) is 6.08 Å². The maximum atomic E-state index is 11.9. The molecular formula is C18H16ClN3O5. The molecule has 9 heteroatoms. The van der Waals surface area contributed by atoms with E-state index in [0.29, 0.717) is 40.9 Å². The van der Waals surface area contributed by atoms with Crippen LogP contribution in [0.1, 0.15) is 5.56 Å². The molecule has 1 heterocycles. The van der Waals surface area contributed by atoms with Crippen LogP contribution in [-0.4, -0.2) is 30.7 Å². The average molecular weight is 390 g/mol. The number of rotatable bonds is 7. The molecule has 0 saturated carbocycles. The van der Waals surface area contributed by atoms with Gasteiger partial charge < -0.3 is 20.1 Å². The molecule has 2 aromatic carbocycles. The number of benzene rings is 2. The van der Waals surface area contributed by atoms with Gasteiger partial charge in [0, 0.05) is 25.2 Å². The van der Waals surface area contributed by atoms with Gasteiger partial charge in [-0.1, -0.05) is 23.7 Å². The van der Waals surface area contributed by atoms with Crippen molar-refractivity contribution in [2.75, 3.05) is 25.2 Å². The Morgan fingerprint density at radius 1 is 1.26 bits per heavy atom. The molecule has 1 aliphatic rings. The summed E-state index contributed by atoms with van der Waals surface area (Å²) < 4.78 is 10.5. The van der Waals surface area contributed by atoms with Gasteiger partial charge in [0.25, 0.3) is 5.69 Å². The first kappa shape index (κ1) is 18.5. The summed E-state index contributed by atoms with van der Waals surface area (Å²) >= 11 is 6.09. The predicted molar refractivity (Wildman–Crippen MR) is 101 cm³/mol. The number of anilines is 1. The van der Waals surface area contributed by atoms with Gasteiger partial charge in [0.2, 0.25) is 12.7 Å². The monoisotopic (exact) mass is 389 g/mol. The average Bonchev–Trinajstić information content (AvgIpc) is 3.13. The van der Waals surface area contributed by atoms with Crippen molar-refractivity contribution in [3.8, 4) is 11.5 Å². The van der Waals surface area contributed by atoms with Crippen LogP contribution in [0.4, 0.5) is 11.4 Å². The van der Waals surface area contributed by atoms with Crippen LogP contribution in [0.5, 0.6) is 11.5 Å². The lowest BCUT2D eigenvalue weighted by Gasteiger charge is -2.07. The number of hydrogen-bond acceptors (Lipinski definition) is 6. The van der Waals surface area contributed by atoms with Gasteiger partial charge in [-0.3, -0.25) is 14.9 Å². The maximum absolute atomic E-state index is 11.9. The van der Waals surface area contributed by atoms with Crippen LogP contribution in [0.2, 0.25) is 5.02 Å². The van der Waals surface area contributed by atoms with E-state index in [4.69, 9.17) is 21.1 Å². The van der Waals surface area contributed by atoms with Crippen molar-refractivity contribution < 1.29 is 19.2 Å². The SMILES string of the molecule is O=C(/C=C/c1cc(Cl)c2c(c1)OCO2)NCCNc1ccccc1[N+](=O)[O-]. The summed E-state index contributed by atoms with van der Waals surface area (Å²) in [7, 11) is 0. The van der Waals surface area contributed by atoms with Crippen molar-refractivity contribution in [1.29, 1.82) is 0 Å². The molecule has 0 radical (unpaired) electrons. The Balaban J connectivity index is 1.49. The van der Waals surface area contributed by atoms with Crippen molar-refractivity contribution in [1.82, 2.24) is 5.32 Å². The highest BCUT2D eigenvalue weighted by Gasteiger charge is 2.17. The number of para-hydroxylation sites is 2. The summed E-state index contributed by atoms with van der Waals surface area (Å²) in [6.45, 7) is 0.771. The fraction of sp³-hybridized carbons (Fsp3) is 0.167. The number of hydrogen-bond donors (Lipinski definition) is 2. The second-order valence-corrected chi connectivity index (χ2v) is 5.97. The van der Waals surface area contributed by atoms with Gasteiger partial charge in [-0.05, 0) is 29.8 Å². The topological polar surface area (TPSA) is 103 Å². The lowest BCUT2D eigenvalue weighted by atomic mass is 10.2. The van der Waals surface area contributed by atoms with Crippen LogP contribution in [0.15, 0.2) is 42.5 Å². The zero-order valence-electron chi connectivity index (χ0n) is 14.1. The van der Waals surface area contributed by atoms with Gasteiger partial charge in [0.1, 0.15) is 5.69 Å². The zero-order chi connectivity index (χ0) is 19.2. The molecule has 27 heavy (non-hydrogen) atoms. The van der Waals surface area contributed by atoms with Gasteiger partial charge in [-0.15, -0.1) is 0 Å². The second-order valence-electron chi connectivity index (χ2n) is 5.56. The number of fused-ring (bicyclic) bond motifs is 1. The minimum Gasteiger partial charge on any atom is -0.454 e. The van der Waals surface area contributed by atoms with E-state index in [2.05, 4.69) is 10.6 Å². The Morgan fingerprint density at radius 3 is 2.89 bits per heavy atom. The molecular weight excluding hydrogens is 374 g/mol. The van der Waals surface area contributed by atoms with Gasteiger partial charge in [0.15, 0.2) is 11.5 Å². The smallest absolute Gasteiger partial charge is 0.292 e. The van der Waals surface area contributed by atoms with Crippen molar-refractivity contribution in [3.63, 3.8) is 0 Å². The van der Waals surface area contributed by atoms with E-state index >= 15 is 0 Å².